The van der Waals surface area contributed by atoms with Gasteiger partial charge < -0.3 is 9.47 Å². The minimum absolute atomic E-state index is 0.0414. The van der Waals surface area contributed by atoms with E-state index in [4.69, 9.17) is 21.1 Å². The number of ether oxygens (including phenoxy) is 2. The maximum absolute atomic E-state index is 11.9. The summed E-state index contributed by atoms with van der Waals surface area (Å²) in [5, 5.41) is 6.45. The second kappa shape index (κ2) is 10.2. The Morgan fingerprint density at radius 3 is 2.38 bits per heavy atom. The van der Waals surface area contributed by atoms with Crippen LogP contribution in [-0.2, 0) is 28.6 Å². The van der Waals surface area contributed by atoms with Gasteiger partial charge in [0.2, 0.25) is 0 Å². The molecule has 0 saturated heterocycles. The first-order valence-corrected chi connectivity index (χ1v) is 12.4. The third kappa shape index (κ3) is 6.37. The quantitative estimate of drug-likeness (QED) is 0.432. The van der Waals surface area contributed by atoms with Crippen LogP contribution in [0.3, 0.4) is 0 Å². The topological polar surface area (TPSA) is 119 Å². The number of benzene rings is 2. The molecule has 0 spiro atoms. The molecule has 0 saturated carbocycles. The molecule has 0 fully saturated rings. The van der Waals surface area contributed by atoms with Gasteiger partial charge in [0.25, 0.3) is 15.7 Å². The summed E-state index contributed by atoms with van der Waals surface area (Å²) >= 11 is 6.17. The first-order valence-electron chi connectivity index (χ1n) is 10.6. The van der Waals surface area contributed by atoms with Gasteiger partial charge in [-0.25, -0.2) is 5.10 Å². The zero-order chi connectivity index (χ0) is 25.1. The molecule has 0 aliphatic heterocycles. The van der Waals surface area contributed by atoms with E-state index in [1.807, 2.05) is 39.8 Å². The molecule has 0 bridgehead atoms. The van der Waals surface area contributed by atoms with Crippen molar-refractivity contribution < 1.29 is 22.4 Å². The molecule has 2 aromatic carbocycles. The molecule has 8 nitrogen and oxygen atoms in total. The van der Waals surface area contributed by atoms with Gasteiger partial charge in [0, 0.05) is 11.8 Å². The number of halogens is 1. The lowest BCUT2D eigenvalue weighted by molar-refractivity contribution is 0.292. The molecule has 0 unspecified atom stereocenters. The number of rotatable bonds is 8. The fraction of sp³-hybridized carbons (Fsp3) is 0.333. The molecule has 0 amide bonds. The van der Waals surface area contributed by atoms with Gasteiger partial charge in [-0.3, -0.25) is 9.35 Å². The Bertz CT molecular complexity index is 1330. The molecular weight excluding hydrogens is 480 g/mol. The fourth-order valence-corrected chi connectivity index (χ4v) is 4.24. The minimum atomic E-state index is -4.30. The van der Waals surface area contributed by atoms with E-state index in [9.17, 15) is 17.8 Å². The molecule has 3 aromatic rings. The average Bonchev–Trinajstić information content (AvgIpc) is 2.74. The van der Waals surface area contributed by atoms with E-state index in [2.05, 4.69) is 10.2 Å². The molecular formula is C24H27ClN2O6S. The van der Waals surface area contributed by atoms with E-state index in [1.54, 1.807) is 24.3 Å². The Morgan fingerprint density at radius 2 is 1.76 bits per heavy atom. The molecule has 2 N–H and O–H groups in total. The van der Waals surface area contributed by atoms with Crippen LogP contribution >= 0.6 is 11.6 Å². The highest BCUT2D eigenvalue weighted by molar-refractivity contribution is 7.85. The first-order chi connectivity index (χ1) is 15.9. The molecule has 1 aromatic heterocycles. The van der Waals surface area contributed by atoms with Crippen LogP contribution in [0.4, 0.5) is 0 Å². The summed E-state index contributed by atoms with van der Waals surface area (Å²) in [5.74, 6) is 0.849. The first kappa shape index (κ1) is 25.7. The van der Waals surface area contributed by atoms with E-state index in [1.165, 1.54) is 6.07 Å². The van der Waals surface area contributed by atoms with Crippen LogP contribution < -0.4 is 15.0 Å². The van der Waals surface area contributed by atoms with Crippen molar-refractivity contribution in [3.8, 4) is 11.5 Å². The number of hydrogen-bond acceptors (Lipinski definition) is 6. The Balaban J connectivity index is 1.64. The van der Waals surface area contributed by atoms with Crippen LogP contribution in [0.1, 0.15) is 43.2 Å². The third-order valence-electron chi connectivity index (χ3n) is 5.03. The van der Waals surface area contributed by atoms with E-state index in [-0.39, 0.29) is 34.3 Å². The lowest BCUT2D eigenvalue weighted by atomic mass is 9.91. The van der Waals surface area contributed by atoms with E-state index >= 15 is 0 Å². The summed E-state index contributed by atoms with van der Waals surface area (Å²) < 4.78 is 44.2. The van der Waals surface area contributed by atoms with Crippen molar-refractivity contribution in [1.29, 1.82) is 0 Å². The predicted molar refractivity (Wildman–Crippen MR) is 130 cm³/mol. The van der Waals surface area contributed by atoms with Gasteiger partial charge in [-0.15, -0.1) is 0 Å². The minimum Gasteiger partial charge on any atom is -0.493 e. The summed E-state index contributed by atoms with van der Waals surface area (Å²) in [5.41, 5.74) is 1.86. The van der Waals surface area contributed by atoms with Crippen molar-refractivity contribution in [1.82, 2.24) is 10.2 Å². The van der Waals surface area contributed by atoms with Gasteiger partial charge in [0.1, 0.15) is 18.1 Å². The highest BCUT2D eigenvalue weighted by atomic mass is 35.5. The SMILES string of the molecule is Cc1ccc(S(=O)(=O)O)c(CCOc2ccc(COc3c(C(C)(C)C)n[nH]c(=O)c3Cl)cc2)c1. The molecule has 0 radical (unpaired) electrons. The second-order valence-corrected chi connectivity index (χ2v) is 10.7. The van der Waals surface area contributed by atoms with Crippen molar-refractivity contribution in [2.75, 3.05) is 6.61 Å². The number of aromatic nitrogens is 2. The molecule has 34 heavy (non-hydrogen) atoms. The van der Waals surface area contributed by atoms with Crippen molar-refractivity contribution in [3.05, 3.63) is 80.2 Å². The van der Waals surface area contributed by atoms with Crippen molar-refractivity contribution >= 4 is 21.7 Å². The van der Waals surface area contributed by atoms with Crippen LogP contribution in [0.5, 0.6) is 11.5 Å². The van der Waals surface area contributed by atoms with Crippen molar-refractivity contribution in [3.63, 3.8) is 0 Å². The smallest absolute Gasteiger partial charge is 0.294 e. The number of H-pyrrole nitrogens is 1. The third-order valence-corrected chi connectivity index (χ3v) is 6.33. The standard InChI is InChI=1S/C24H27ClN2O6S/c1-15-5-10-19(34(29,30)31)17(13-15)11-12-32-18-8-6-16(7-9-18)14-33-21-20(25)23(28)27-26-22(21)24(2,3)4/h5-10,13H,11-12,14H2,1-4H3,(H,27,28)(H,29,30,31). The number of aromatic amines is 1. The summed E-state index contributed by atoms with van der Waals surface area (Å²) in [6.45, 7) is 8.08. The highest BCUT2D eigenvalue weighted by Gasteiger charge is 2.25. The summed E-state index contributed by atoms with van der Waals surface area (Å²) in [7, 11) is -4.30. The van der Waals surface area contributed by atoms with Gasteiger partial charge in [0.05, 0.1) is 11.5 Å². The zero-order valence-corrected chi connectivity index (χ0v) is 21.0. The van der Waals surface area contributed by atoms with Crippen LogP contribution in [0.2, 0.25) is 5.02 Å². The Morgan fingerprint density at radius 1 is 1.09 bits per heavy atom. The monoisotopic (exact) mass is 506 g/mol. The van der Waals surface area contributed by atoms with Crippen LogP contribution in [0, 0.1) is 6.92 Å². The fourth-order valence-electron chi connectivity index (χ4n) is 3.33. The molecule has 10 heteroatoms. The highest BCUT2D eigenvalue weighted by Crippen LogP contribution is 2.33. The van der Waals surface area contributed by atoms with Gasteiger partial charge in [-0.2, -0.15) is 13.5 Å². The molecule has 3 rings (SSSR count). The van der Waals surface area contributed by atoms with Gasteiger partial charge in [-0.1, -0.05) is 62.2 Å². The van der Waals surface area contributed by atoms with Gasteiger partial charge in [-0.05, 0) is 36.2 Å². The Labute approximate surface area is 203 Å². The number of aryl methyl sites for hydroxylation is 1. The Kier molecular flexibility index (Phi) is 7.70. The van der Waals surface area contributed by atoms with Crippen molar-refractivity contribution in [2.45, 2.75) is 51.0 Å². The van der Waals surface area contributed by atoms with Crippen LogP contribution in [0.15, 0.2) is 52.2 Å². The molecule has 182 valence electrons. The largest absolute Gasteiger partial charge is 0.493 e. The lowest BCUT2D eigenvalue weighted by Crippen LogP contribution is -2.22. The van der Waals surface area contributed by atoms with E-state index in [0.29, 0.717) is 23.4 Å². The summed E-state index contributed by atoms with van der Waals surface area (Å²) in [4.78, 5) is 11.8. The summed E-state index contributed by atoms with van der Waals surface area (Å²) in [6, 6.07) is 11.9. The number of hydrogen-bond donors (Lipinski definition) is 2. The molecule has 0 aliphatic carbocycles. The maximum atomic E-state index is 11.9. The van der Waals surface area contributed by atoms with Gasteiger partial charge in [0.15, 0.2) is 10.8 Å². The van der Waals surface area contributed by atoms with E-state index in [0.717, 1.165) is 11.1 Å². The van der Waals surface area contributed by atoms with E-state index < -0.39 is 15.7 Å². The summed E-state index contributed by atoms with van der Waals surface area (Å²) in [6.07, 6.45) is 0.311. The lowest BCUT2D eigenvalue weighted by Gasteiger charge is -2.21. The Hall–Kier alpha value is -2.88. The molecule has 1 heterocycles. The zero-order valence-electron chi connectivity index (χ0n) is 19.4. The number of nitrogens with zero attached hydrogens (tertiary/aromatic N) is 1. The maximum Gasteiger partial charge on any atom is 0.294 e. The van der Waals surface area contributed by atoms with Crippen LogP contribution in [-0.4, -0.2) is 29.8 Å². The van der Waals surface area contributed by atoms with Crippen LogP contribution in [0.25, 0.3) is 0 Å². The molecule has 0 atom stereocenters. The molecule has 0 aliphatic rings. The number of nitrogens with one attached hydrogen (secondary N) is 1. The van der Waals surface area contributed by atoms with Crippen molar-refractivity contribution in [2.24, 2.45) is 0 Å². The predicted octanol–water partition coefficient (Wildman–Crippen LogP) is 4.48. The van der Waals surface area contributed by atoms with Gasteiger partial charge >= 0.3 is 0 Å². The normalized spacial score (nSPS) is 11.9. The second-order valence-electron chi connectivity index (χ2n) is 8.91. The average molecular weight is 507 g/mol.